The number of hydrogen-bond donors (Lipinski definition) is 1. The highest BCUT2D eigenvalue weighted by atomic mass is 32.1. The molecule has 2 saturated carbocycles. The van der Waals surface area contributed by atoms with Gasteiger partial charge in [-0.25, -0.2) is 0 Å². The SMILES string of the molecule is Cc1cc(C(O)C2CC3CCC2C3)c(C)s1. The van der Waals surface area contributed by atoms with Crippen molar-refractivity contribution in [3.8, 4) is 0 Å². The Morgan fingerprint density at radius 1 is 1.31 bits per heavy atom. The van der Waals surface area contributed by atoms with Gasteiger partial charge in [0.25, 0.3) is 0 Å². The van der Waals surface area contributed by atoms with Crippen LogP contribution in [0.4, 0.5) is 0 Å². The first-order valence-electron chi connectivity index (χ1n) is 6.40. The Balaban J connectivity index is 1.82. The molecule has 1 aromatic heterocycles. The molecule has 1 aromatic rings. The molecule has 1 N–H and O–H groups in total. The lowest BCUT2D eigenvalue weighted by Gasteiger charge is -2.26. The van der Waals surface area contributed by atoms with Gasteiger partial charge in [-0.05, 0) is 62.5 Å². The second-order valence-corrected chi connectivity index (χ2v) is 7.11. The average Bonchev–Trinajstić information content (AvgIpc) is 2.91. The summed E-state index contributed by atoms with van der Waals surface area (Å²) in [6.07, 6.45) is 5.22. The molecule has 0 aromatic carbocycles. The molecule has 4 atom stereocenters. The van der Waals surface area contributed by atoms with Gasteiger partial charge >= 0.3 is 0 Å². The monoisotopic (exact) mass is 236 g/mol. The molecule has 0 amide bonds. The molecule has 2 aliphatic carbocycles. The topological polar surface area (TPSA) is 20.2 Å². The maximum Gasteiger partial charge on any atom is 0.0831 e. The van der Waals surface area contributed by atoms with E-state index in [2.05, 4.69) is 19.9 Å². The van der Waals surface area contributed by atoms with Crippen LogP contribution >= 0.6 is 11.3 Å². The Kier molecular flexibility index (Phi) is 2.60. The predicted octanol–water partition coefficient (Wildman–Crippen LogP) is 3.83. The van der Waals surface area contributed by atoms with E-state index in [1.54, 1.807) is 0 Å². The first-order valence-corrected chi connectivity index (χ1v) is 7.22. The van der Waals surface area contributed by atoms with Crippen molar-refractivity contribution in [3.63, 3.8) is 0 Å². The maximum atomic E-state index is 10.5. The summed E-state index contributed by atoms with van der Waals surface area (Å²) in [6.45, 7) is 4.28. The zero-order valence-electron chi connectivity index (χ0n) is 10.1. The van der Waals surface area contributed by atoms with Crippen molar-refractivity contribution in [1.82, 2.24) is 0 Å². The molecule has 3 rings (SSSR count). The van der Waals surface area contributed by atoms with Crippen LogP contribution < -0.4 is 0 Å². The summed E-state index contributed by atoms with van der Waals surface area (Å²) in [7, 11) is 0. The van der Waals surface area contributed by atoms with Crippen molar-refractivity contribution in [1.29, 1.82) is 0 Å². The second kappa shape index (κ2) is 3.85. The van der Waals surface area contributed by atoms with Gasteiger partial charge in [0.05, 0.1) is 6.10 Å². The summed E-state index contributed by atoms with van der Waals surface area (Å²) in [5.74, 6) is 2.27. The van der Waals surface area contributed by atoms with E-state index in [1.165, 1.54) is 41.0 Å². The zero-order chi connectivity index (χ0) is 11.3. The number of aliphatic hydroxyl groups excluding tert-OH is 1. The van der Waals surface area contributed by atoms with Crippen LogP contribution in [0.2, 0.25) is 0 Å². The Morgan fingerprint density at radius 2 is 2.12 bits per heavy atom. The van der Waals surface area contributed by atoms with Gasteiger partial charge in [-0.2, -0.15) is 0 Å². The summed E-state index contributed by atoms with van der Waals surface area (Å²) >= 11 is 1.82. The number of aliphatic hydroxyl groups is 1. The number of aryl methyl sites for hydroxylation is 2. The minimum atomic E-state index is -0.194. The fourth-order valence-corrected chi connectivity index (χ4v) is 4.82. The van der Waals surface area contributed by atoms with E-state index in [1.807, 2.05) is 11.3 Å². The maximum absolute atomic E-state index is 10.5. The molecule has 2 bridgehead atoms. The first-order chi connectivity index (χ1) is 7.65. The fraction of sp³-hybridized carbons (Fsp3) is 0.714. The Hall–Kier alpha value is -0.340. The molecule has 0 spiro atoms. The lowest BCUT2D eigenvalue weighted by atomic mass is 9.82. The van der Waals surface area contributed by atoms with Gasteiger partial charge < -0.3 is 5.11 Å². The minimum absolute atomic E-state index is 0.194. The van der Waals surface area contributed by atoms with Crippen LogP contribution in [0.25, 0.3) is 0 Å². The van der Waals surface area contributed by atoms with E-state index in [0.29, 0.717) is 5.92 Å². The van der Waals surface area contributed by atoms with Crippen molar-refractivity contribution in [3.05, 3.63) is 21.4 Å². The normalized spacial score (nSPS) is 34.6. The molecule has 0 radical (unpaired) electrons. The van der Waals surface area contributed by atoms with Crippen LogP contribution in [0.5, 0.6) is 0 Å². The van der Waals surface area contributed by atoms with E-state index < -0.39 is 0 Å². The summed E-state index contributed by atoms with van der Waals surface area (Å²) in [6, 6.07) is 2.19. The number of hydrogen-bond acceptors (Lipinski definition) is 2. The van der Waals surface area contributed by atoms with Gasteiger partial charge in [-0.3, -0.25) is 0 Å². The van der Waals surface area contributed by atoms with Crippen molar-refractivity contribution < 1.29 is 5.11 Å². The largest absolute Gasteiger partial charge is 0.388 e. The standard InChI is InChI=1S/C14H20OS/c1-8-5-12(9(2)16-8)14(15)13-7-10-3-4-11(13)6-10/h5,10-11,13-15H,3-4,6-7H2,1-2H3. The van der Waals surface area contributed by atoms with Crippen LogP contribution in [-0.4, -0.2) is 5.11 Å². The van der Waals surface area contributed by atoms with E-state index in [4.69, 9.17) is 0 Å². The van der Waals surface area contributed by atoms with Gasteiger partial charge in [0.15, 0.2) is 0 Å². The Labute approximate surface area is 102 Å². The average molecular weight is 236 g/mol. The molecule has 1 heterocycles. The van der Waals surface area contributed by atoms with Gasteiger partial charge in [0.2, 0.25) is 0 Å². The summed E-state index contributed by atoms with van der Waals surface area (Å²) in [5.41, 5.74) is 1.21. The molecule has 2 fully saturated rings. The van der Waals surface area contributed by atoms with Crippen LogP contribution in [0.15, 0.2) is 6.07 Å². The van der Waals surface area contributed by atoms with Gasteiger partial charge in [0.1, 0.15) is 0 Å². The predicted molar refractivity (Wildman–Crippen MR) is 67.7 cm³/mol. The summed E-state index contributed by atoms with van der Waals surface area (Å²) < 4.78 is 0. The lowest BCUT2D eigenvalue weighted by molar-refractivity contribution is 0.0744. The highest BCUT2D eigenvalue weighted by Crippen LogP contribution is 2.53. The van der Waals surface area contributed by atoms with E-state index >= 15 is 0 Å². The quantitative estimate of drug-likeness (QED) is 0.827. The van der Waals surface area contributed by atoms with Gasteiger partial charge in [-0.15, -0.1) is 11.3 Å². The molecule has 16 heavy (non-hydrogen) atoms. The van der Waals surface area contributed by atoms with Crippen LogP contribution in [0.1, 0.15) is 47.1 Å². The fourth-order valence-electron chi connectivity index (χ4n) is 3.86. The second-order valence-electron chi connectivity index (χ2n) is 5.65. The van der Waals surface area contributed by atoms with Gasteiger partial charge in [-0.1, -0.05) is 6.42 Å². The number of thiophene rings is 1. The Morgan fingerprint density at radius 3 is 2.62 bits per heavy atom. The van der Waals surface area contributed by atoms with Crippen LogP contribution in [0.3, 0.4) is 0 Å². The first kappa shape index (κ1) is 10.8. The van der Waals surface area contributed by atoms with E-state index in [9.17, 15) is 5.11 Å². The summed E-state index contributed by atoms with van der Waals surface area (Å²) in [5, 5.41) is 10.5. The third-order valence-corrected chi connectivity index (χ3v) is 5.58. The van der Waals surface area contributed by atoms with Crippen molar-refractivity contribution in [2.75, 3.05) is 0 Å². The van der Waals surface area contributed by atoms with Crippen LogP contribution in [0, 0.1) is 31.6 Å². The number of fused-ring (bicyclic) bond motifs is 2. The molecular weight excluding hydrogens is 216 g/mol. The lowest BCUT2D eigenvalue weighted by Crippen LogP contribution is -2.19. The van der Waals surface area contributed by atoms with Crippen molar-refractivity contribution in [2.45, 2.75) is 45.6 Å². The molecule has 4 unspecified atom stereocenters. The minimum Gasteiger partial charge on any atom is -0.388 e. The van der Waals surface area contributed by atoms with Gasteiger partial charge in [0, 0.05) is 9.75 Å². The highest BCUT2D eigenvalue weighted by Gasteiger charge is 2.43. The van der Waals surface area contributed by atoms with E-state index in [-0.39, 0.29) is 6.10 Å². The molecule has 1 nitrogen and oxygen atoms in total. The van der Waals surface area contributed by atoms with E-state index in [0.717, 1.165) is 11.8 Å². The molecular formula is C14H20OS. The van der Waals surface area contributed by atoms with Crippen molar-refractivity contribution >= 4 is 11.3 Å². The molecule has 2 aliphatic rings. The third kappa shape index (κ3) is 1.63. The third-order valence-electron chi connectivity index (χ3n) is 4.60. The van der Waals surface area contributed by atoms with Crippen molar-refractivity contribution in [2.24, 2.45) is 17.8 Å². The summed E-state index contributed by atoms with van der Waals surface area (Å²) in [4.78, 5) is 2.64. The zero-order valence-corrected chi connectivity index (χ0v) is 10.9. The highest BCUT2D eigenvalue weighted by molar-refractivity contribution is 7.12. The Bertz CT molecular complexity index is 395. The van der Waals surface area contributed by atoms with Crippen LogP contribution in [-0.2, 0) is 0 Å². The number of rotatable bonds is 2. The molecule has 0 saturated heterocycles. The smallest absolute Gasteiger partial charge is 0.0831 e. The molecule has 2 heteroatoms. The molecule has 88 valence electrons. The molecule has 0 aliphatic heterocycles.